The zero-order chi connectivity index (χ0) is 13.8. The van der Waals surface area contributed by atoms with Crippen molar-refractivity contribution >= 4 is 23.2 Å². The van der Waals surface area contributed by atoms with Crippen LogP contribution in [0.5, 0.6) is 0 Å². The summed E-state index contributed by atoms with van der Waals surface area (Å²) in [6, 6.07) is 31.9. The summed E-state index contributed by atoms with van der Waals surface area (Å²) >= 11 is 0. The minimum absolute atomic E-state index is 0. The van der Waals surface area contributed by atoms with E-state index in [2.05, 4.69) is 91.0 Å². The molecule has 0 saturated carbocycles. The van der Waals surface area contributed by atoms with Gasteiger partial charge in [0.2, 0.25) is 0 Å². The van der Waals surface area contributed by atoms with E-state index in [9.17, 15) is 0 Å². The Bertz CT molecular complexity index is 575. The molecule has 0 heterocycles. The van der Waals surface area contributed by atoms with Gasteiger partial charge in [-0.05, 0) is 43.7 Å². The first-order chi connectivity index (χ1) is 9.82. The summed E-state index contributed by atoms with van der Waals surface area (Å²) in [5.74, 6) is 0. The fourth-order valence-corrected chi connectivity index (χ4v) is 5.43. The summed E-state index contributed by atoms with van der Waals surface area (Å²) in [5, 5.41) is 3.95. The Kier molecular flexibility index (Phi) is 7.56. The van der Waals surface area contributed by atoms with Gasteiger partial charge in [-0.2, -0.15) is 6.66 Å². The third kappa shape index (κ3) is 3.71. The van der Waals surface area contributed by atoms with Gasteiger partial charge in [-0.25, -0.2) is 0 Å². The topological polar surface area (TPSA) is 0 Å². The van der Waals surface area contributed by atoms with E-state index in [1.54, 1.807) is 0 Å². The van der Waals surface area contributed by atoms with E-state index in [1.165, 1.54) is 15.9 Å². The summed E-state index contributed by atoms with van der Waals surface area (Å²) in [6.45, 7) is 4.69. The predicted octanol–water partition coefficient (Wildman–Crippen LogP) is 0.774. The van der Waals surface area contributed by atoms with Gasteiger partial charge in [0.15, 0.2) is 0 Å². The first-order valence-electron chi connectivity index (χ1n) is 6.72. The SMILES string of the molecule is [Au+].[CH2-][P+](c1ccccc1)(c1ccccc1)c1ccccc1.[Cl-]. The first kappa shape index (κ1) is 19.2. The van der Waals surface area contributed by atoms with E-state index in [4.69, 9.17) is 6.66 Å². The molecule has 0 bridgehead atoms. The van der Waals surface area contributed by atoms with Gasteiger partial charge in [0, 0.05) is 0 Å². The number of halogens is 1. The molecule has 0 aliphatic heterocycles. The number of benzene rings is 3. The van der Waals surface area contributed by atoms with Crippen LogP contribution in [-0.4, -0.2) is 0 Å². The normalized spacial score (nSPS) is 10.2. The average Bonchev–Trinajstić information content (AvgIpc) is 2.56. The zero-order valence-electron chi connectivity index (χ0n) is 12.0. The Hall–Kier alpha value is -0.880. The molecule has 0 radical (unpaired) electrons. The summed E-state index contributed by atoms with van der Waals surface area (Å²) < 4.78 is 0. The third-order valence-electron chi connectivity index (χ3n) is 3.59. The van der Waals surface area contributed by atoms with Crippen LogP contribution in [0.4, 0.5) is 0 Å². The molecule has 116 valence electrons. The van der Waals surface area contributed by atoms with Crippen LogP contribution in [0.2, 0.25) is 0 Å². The molecule has 0 fully saturated rings. The van der Waals surface area contributed by atoms with E-state index in [0.29, 0.717) is 0 Å². The minimum Gasteiger partial charge on any atom is -1.00 e. The van der Waals surface area contributed by atoms with Crippen molar-refractivity contribution in [2.24, 2.45) is 0 Å². The van der Waals surface area contributed by atoms with Gasteiger partial charge in [0.05, 0.1) is 15.9 Å². The smallest absolute Gasteiger partial charge is 1.00 e. The third-order valence-corrected chi connectivity index (χ3v) is 7.13. The molecule has 0 aromatic heterocycles. The maximum absolute atomic E-state index is 4.69. The standard InChI is InChI=1S/C19H17P.Au.ClH/c1-20(17-11-5-2-6-12-17,18-13-7-3-8-14-18)19-15-9-4-10-16-19;;/h2-16H,1H2;;1H/q;+1;/p-1. The van der Waals surface area contributed by atoms with Gasteiger partial charge in [0.25, 0.3) is 0 Å². The van der Waals surface area contributed by atoms with Crippen molar-refractivity contribution < 1.29 is 34.8 Å². The average molecular weight is 509 g/mol. The Morgan fingerprint density at radius 3 is 0.955 bits per heavy atom. The molecule has 0 amide bonds. The number of hydrogen-bond acceptors (Lipinski definition) is 0. The zero-order valence-corrected chi connectivity index (χ0v) is 15.8. The van der Waals surface area contributed by atoms with Crippen LogP contribution >= 0.6 is 7.26 Å². The molecule has 0 unspecified atom stereocenters. The maximum atomic E-state index is 4.69. The van der Waals surface area contributed by atoms with Crippen molar-refractivity contribution in [2.45, 2.75) is 0 Å². The van der Waals surface area contributed by atoms with Gasteiger partial charge in [-0.1, -0.05) is 54.6 Å². The summed E-state index contributed by atoms with van der Waals surface area (Å²) in [6.07, 6.45) is 0. The molecule has 22 heavy (non-hydrogen) atoms. The Morgan fingerprint density at radius 2 is 0.727 bits per heavy atom. The Labute approximate surface area is 155 Å². The van der Waals surface area contributed by atoms with Crippen molar-refractivity contribution in [1.82, 2.24) is 0 Å². The molecule has 0 spiro atoms. The molecule has 0 N–H and O–H groups in total. The van der Waals surface area contributed by atoms with Crippen molar-refractivity contribution in [3.05, 3.63) is 97.7 Å². The summed E-state index contributed by atoms with van der Waals surface area (Å²) in [5.41, 5.74) is 0. The molecule has 0 nitrogen and oxygen atoms in total. The summed E-state index contributed by atoms with van der Waals surface area (Å²) in [4.78, 5) is 0. The molecule has 3 heteroatoms. The number of hydrogen-bond donors (Lipinski definition) is 0. The van der Waals surface area contributed by atoms with E-state index in [0.717, 1.165) is 0 Å². The van der Waals surface area contributed by atoms with Gasteiger partial charge in [0.1, 0.15) is 0 Å². The van der Waals surface area contributed by atoms with Crippen LogP contribution in [0, 0.1) is 6.66 Å². The molecular formula is C19H17AuClP. The van der Waals surface area contributed by atoms with Gasteiger partial charge in [-0.15, -0.1) is 0 Å². The monoisotopic (exact) mass is 508 g/mol. The van der Waals surface area contributed by atoms with Crippen LogP contribution in [0.15, 0.2) is 91.0 Å². The Balaban J connectivity index is 0.00000121. The molecule has 0 atom stereocenters. The fourth-order valence-electron chi connectivity index (χ4n) is 2.49. The van der Waals surface area contributed by atoms with Gasteiger partial charge < -0.3 is 12.4 Å². The second-order valence-electron chi connectivity index (χ2n) is 4.82. The molecular weight excluding hydrogens is 492 g/mol. The molecule has 0 aliphatic carbocycles. The quantitative estimate of drug-likeness (QED) is 0.279. The van der Waals surface area contributed by atoms with E-state index < -0.39 is 7.26 Å². The van der Waals surface area contributed by atoms with Crippen LogP contribution in [0.1, 0.15) is 0 Å². The van der Waals surface area contributed by atoms with Crippen LogP contribution < -0.4 is 28.3 Å². The molecule has 0 saturated heterocycles. The first-order valence-corrected chi connectivity index (χ1v) is 8.69. The van der Waals surface area contributed by atoms with Crippen molar-refractivity contribution in [2.75, 3.05) is 0 Å². The molecule has 0 aliphatic rings. The molecule has 3 aromatic carbocycles. The van der Waals surface area contributed by atoms with E-state index >= 15 is 0 Å². The fraction of sp³-hybridized carbons (Fsp3) is 0. The van der Waals surface area contributed by atoms with E-state index in [1.807, 2.05) is 0 Å². The molecule has 3 aromatic rings. The predicted molar refractivity (Wildman–Crippen MR) is 90.5 cm³/mol. The maximum Gasteiger partial charge on any atom is 1.00 e. The second kappa shape index (κ2) is 8.67. The van der Waals surface area contributed by atoms with Crippen LogP contribution in [-0.2, 0) is 22.4 Å². The van der Waals surface area contributed by atoms with Gasteiger partial charge >= 0.3 is 22.4 Å². The second-order valence-corrected chi connectivity index (χ2v) is 7.99. The van der Waals surface area contributed by atoms with Crippen molar-refractivity contribution in [1.29, 1.82) is 0 Å². The minimum atomic E-state index is -1.78. The van der Waals surface area contributed by atoms with Crippen LogP contribution in [0.3, 0.4) is 0 Å². The van der Waals surface area contributed by atoms with Crippen molar-refractivity contribution in [3.63, 3.8) is 0 Å². The van der Waals surface area contributed by atoms with Crippen molar-refractivity contribution in [3.8, 4) is 0 Å². The van der Waals surface area contributed by atoms with Crippen LogP contribution in [0.25, 0.3) is 0 Å². The number of rotatable bonds is 3. The largest absolute Gasteiger partial charge is 1.00 e. The van der Waals surface area contributed by atoms with E-state index in [-0.39, 0.29) is 34.8 Å². The van der Waals surface area contributed by atoms with Gasteiger partial charge in [-0.3, -0.25) is 0 Å². The summed E-state index contributed by atoms with van der Waals surface area (Å²) in [7, 11) is -1.78. The Morgan fingerprint density at radius 1 is 0.500 bits per heavy atom. The molecule has 3 rings (SSSR count).